The lowest BCUT2D eigenvalue weighted by atomic mass is 10.1. The maximum atomic E-state index is 11.7. The van der Waals surface area contributed by atoms with Gasteiger partial charge in [0.1, 0.15) is 5.75 Å². The molecule has 10 heteroatoms. The van der Waals surface area contributed by atoms with Gasteiger partial charge in [-0.25, -0.2) is 4.68 Å². The minimum Gasteiger partial charge on any atom is -0.482 e. The Hall–Kier alpha value is -2.32. The molecule has 0 spiro atoms. The van der Waals surface area contributed by atoms with Gasteiger partial charge in [-0.15, -0.1) is 11.3 Å². The summed E-state index contributed by atoms with van der Waals surface area (Å²) in [6, 6.07) is 9.07. The van der Waals surface area contributed by atoms with Crippen molar-refractivity contribution in [3.05, 3.63) is 61.1 Å². The van der Waals surface area contributed by atoms with Crippen LogP contribution in [0.4, 0.5) is 5.69 Å². The number of hydrogen-bond acceptors (Lipinski definition) is 5. The molecule has 1 aliphatic heterocycles. The molecule has 0 unspecified atom stereocenters. The molecule has 2 heterocycles. The zero-order valence-corrected chi connectivity index (χ0v) is 19.7. The number of carbonyl (C=O) groups is 1. The highest BCUT2D eigenvalue weighted by Crippen LogP contribution is 2.34. The van der Waals surface area contributed by atoms with E-state index in [1.165, 1.54) is 11.3 Å². The summed E-state index contributed by atoms with van der Waals surface area (Å²) in [5, 5.41) is 10.6. The second-order valence-electron chi connectivity index (χ2n) is 6.65. The minimum atomic E-state index is -0.187. The number of rotatable bonds is 4. The second kappa shape index (κ2) is 9.04. The number of amides is 1. The number of aromatic nitrogens is 1. The van der Waals surface area contributed by atoms with Crippen LogP contribution in [0.5, 0.6) is 5.75 Å². The lowest BCUT2D eigenvalue weighted by Gasteiger charge is -2.18. The number of fused-ring (bicyclic) bond motifs is 1. The number of anilines is 1. The van der Waals surface area contributed by atoms with Crippen molar-refractivity contribution in [3.63, 3.8) is 0 Å². The molecule has 2 aromatic carbocycles. The minimum absolute atomic E-state index is 0.0121. The molecule has 0 aliphatic carbocycles. The number of benzene rings is 2. The van der Waals surface area contributed by atoms with Gasteiger partial charge in [-0.05, 0) is 38.1 Å². The molecule has 1 N–H and O–H groups in total. The Labute approximate surface area is 197 Å². The van der Waals surface area contributed by atoms with E-state index in [1.54, 1.807) is 16.8 Å². The van der Waals surface area contributed by atoms with E-state index < -0.39 is 0 Å². The molecule has 6 nitrogen and oxygen atoms in total. The summed E-state index contributed by atoms with van der Waals surface area (Å²) in [5.74, 6) is 0.443. The molecule has 31 heavy (non-hydrogen) atoms. The number of nitrogens with zero attached hydrogens (tertiary/aromatic N) is 3. The smallest absolute Gasteiger partial charge is 0.262 e. The quantitative estimate of drug-likeness (QED) is 0.372. The van der Waals surface area contributed by atoms with Crippen molar-refractivity contribution < 1.29 is 9.53 Å². The number of nitrogens with one attached hydrogen (secondary N) is 1. The second-order valence-corrected chi connectivity index (χ2v) is 8.65. The van der Waals surface area contributed by atoms with Crippen molar-refractivity contribution in [2.45, 2.75) is 13.8 Å². The van der Waals surface area contributed by atoms with Crippen molar-refractivity contribution in [1.29, 1.82) is 0 Å². The van der Waals surface area contributed by atoms with Gasteiger partial charge in [0.2, 0.25) is 4.80 Å². The standard InChI is InChI=1S/C21H17Cl3N4O2S/c1-3-25-21-28(27-11(2)13-5-6-14(22)20(24)19(13)23)16(10-31-21)12-4-7-17-15(8-12)26-18(29)9-30-17/h4-8,10H,3,9H2,1-2H3,(H,26,29). The molecule has 0 radical (unpaired) electrons. The van der Waals surface area contributed by atoms with Gasteiger partial charge in [-0.2, -0.15) is 5.10 Å². The first-order chi connectivity index (χ1) is 14.9. The van der Waals surface area contributed by atoms with Crippen LogP contribution in [-0.2, 0) is 4.79 Å². The first kappa shape index (κ1) is 21.9. The highest BCUT2D eigenvalue weighted by Gasteiger charge is 2.18. The maximum Gasteiger partial charge on any atom is 0.262 e. The summed E-state index contributed by atoms with van der Waals surface area (Å²) in [6.45, 7) is 4.42. The third-order valence-corrected chi connectivity index (χ3v) is 6.71. The predicted octanol–water partition coefficient (Wildman–Crippen LogP) is 5.70. The van der Waals surface area contributed by atoms with E-state index in [0.29, 0.717) is 39.3 Å². The normalized spacial score (nSPS) is 14.3. The number of carbonyl (C=O) groups excluding carboxylic acids is 1. The Balaban J connectivity index is 1.84. The van der Waals surface area contributed by atoms with Gasteiger partial charge in [0.05, 0.1) is 32.2 Å². The summed E-state index contributed by atoms with van der Waals surface area (Å²) < 4.78 is 7.22. The van der Waals surface area contributed by atoms with Crippen molar-refractivity contribution >= 4 is 63.4 Å². The molecule has 0 fully saturated rings. The summed E-state index contributed by atoms with van der Waals surface area (Å²) in [6.07, 6.45) is 0. The van der Waals surface area contributed by atoms with Crippen LogP contribution in [0.15, 0.2) is 45.8 Å². The third kappa shape index (κ3) is 4.36. The van der Waals surface area contributed by atoms with Crippen LogP contribution in [0.3, 0.4) is 0 Å². The lowest BCUT2D eigenvalue weighted by molar-refractivity contribution is -0.118. The van der Waals surface area contributed by atoms with Gasteiger partial charge in [-0.3, -0.25) is 9.79 Å². The highest BCUT2D eigenvalue weighted by molar-refractivity contribution is 7.07. The zero-order valence-electron chi connectivity index (χ0n) is 16.6. The Kier molecular flexibility index (Phi) is 6.39. The van der Waals surface area contributed by atoms with Gasteiger partial charge in [0.15, 0.2) is 6.61 Å². The summed E-state index contributed by atoms with van der Waals surface area (Å²) in [7, 11) is 0. The molecule has 4 rings (SSSR count). The van der Waals surface area contributed by atoms with E-state index in [9.17, 15) is 4.79 Å². The summed E-state index contributed by atoms with van der Waals surface area (Å²) >= 11 is 20.1. The largest absolute Gasteiger partial charge is 0.482 e. The molecule has 0 atom stereocenters. The SMILES string of the molecule is CCN=c1scc(-c2ccc3c(c2)NC(=O)CO3)n1N=C(C)c1ccc(Cl)c(Cl)c1Cl. The van der Waals surface area contributed by atoms with E-state index in [2.05, 4.69) is 10.3 Å². The maximum absolute atomic E-state index is 11.7. The van der Waals surface area contributed by atoms with Crippen LogP contribution in [0.25, 0.3) is 11.3 Å². The van der Waals surface area contributed by atoms with Gasteiger partial charge in [0, 0.05) is 23.1 Å². The Morgan fingerprint density at radius 3 is 2.81 bits per heavy atom. The molecular formula is C21H17Cl3N4O2S. The number of ether oxygens (including phenoxy) is 1. The highest BCUT2D eigenvalue weighted by atomic mass is 35.5. The van der Waals surface area contributed by atoms with E-state index in [0.717, 1.165) is 16.1 Å². The van der Waals surface area contributed by atoms with Crippen LogP contribution in [0.2, 0.25) is 15.1 Å². The van der Waals surface area contributed by atoms with Crippen LogP contribution in [0.1, 0.15) is 19.4 Å². The van der Waals surface area contributed by atoms with E-state index in [4.69, 9.17) is 44.6 Å². The van der Waals surface area contributed by atoms with E-state index in [-0.39, 0.29) is 17.5 Å². The molecule has 160 valence electrons. The Bertz CT molecular complexity index is 1280. The van der Waals surface area contributed by atoms with Crippen LogP contribution in [0, 0.1) is 0 Å². The number of hydrogen-bond donors (Lipinski definition) is 1. The van der Waals surface area contributed by atoms with E-state index >= 15 is 0 Å². The predicted molar refractivity (Wildman–Crippen MR) is 127 cm³/mol. The monoisotopic (exact) mass is 494 g/mol. The Morgan fingerprint density at radius 2 is 2.03 bits per heavy atom. The zero-order chi connectivity index (χ0) is 22.1. The van der Waals surface area contributed by atoms with Crippen molar-refractivity contribution in [2.24, 2.45) is 10.1 Å². The van der Waals surface area contributed by atoms with Crippen molar-refractivity contribution in [1.82, 2.24) is 4.68 Å². The van der Waals surface area contributed by atoms with Crippen molar-refractivity contribution in [3.8, 4) is 17.0 Å². The molecule has 1 amide bonds. The molecule has 1 aromatic heterocycles. The average molecular weight is 496 g/mol. The van der Waals surface area contributed by atoms with Gasteiger partial charge in [0.25, 0.3) is 5.91 Å². The average Bonchev–Trinajstić information content (AvgIpc) is 3.14. The fourth-order valence-corrected chi connectivity index (χ4v) is 4.66. The van der Waals surface area contributed by atoms with E-state index in [1.807, 2.05) is 37.4 Å². The fraction of sp³-hybridized carbons (Fsp3) is 0.190. The van der Waals surface area contributed by atoms with Crippen LogP contribution < -0.4 is 14.9 Å². The molecule has 0 bridgehead atoms. The first-order valence-corrected chi connectivity index (χ1v) is 11.4. The lowest BCUT2D eigenvalue weighted by Crippen LogP contribution is -2.25. The summed E-state index contributed by atoms with van der Waals surface area (Å²) in [4.78, 5) is 17.0. The Morgan fingerprint density at radius 1 is 1.23 bits per heavy atom. The topological polar surface area (TPSA) is 68.0 Å². The molecule has 0 saturated carbocycles. The first-order valence-electron chi connectivity index (χ1n) is 9.36. The fourth-order valence-electron chi connectivity index (χ4n) is 3.09. The molecule has 0 saturated heterocycles. The van der Waals surface area contributed by atoms with Crippen LogP contribution in [-0.4, -0.2) is 29.4 Å². The van der Waals surface area contributed by atoms with Crippen LogP contribution >= 0.6 is 46.1 Å². The van der Waals surface area contributed by atoms with Gasteiger partial charge >= 0.3 is 0 Å². The molecule has 1 aliphatic rings. The number of thiazole rings is 1. The molecule has 3 aromatic rings. The van der Waals surface area contributed by atoms with Gasteiger partial charge < -0.3 is 10.1 Å². The molecular weight excluding hydrogens is 479 g/mol. The third-order valence-electron chi connectivity index (χ3n) is 4.56. The summed E-state index contributed by atoms with van der Waals surface area (Å²) in [5.41, 5.74) is 3.61. The number of halogens is 3. The van der Waals surface area contributed by atoms with Crippen molar-refractivity contribution in [2.75, 3.05) is 18.5 Å². The van der Waals surface area contributed by atoms with Gasteiger partial charge in [-0.1, -0.05) is 40.9 Å².